The molecule has 0 radical (unpaired) electrons. The molecule has 0 bridgehead atoms. The Kier molecular flexibility index (Phi) is 52.3. The Morgan fingerprint density at radius 3 is 0.909 bits per heavy atom. The fourth-order valence-electron chi connectivity index (χ4n) is 7.95. The van der Waals surface area contributed by atoms with E-state index in [1.54, 1.807) is 0 Å². The van der Waals surface area contributed by atoms with Gasteiger partial charge in [0.1, 0.15) is 13.2 Å². The molecule has 0 fully saturated rings. The maximum absolute atomic E-state index is 12.8. The molecule has 0 aliphatic heterocycles. The van der Waals surface area contributed by atoms with Crippen molar-refractivity contribution in [2.24, 2.45) is 0 Å². The second-order valence-electron chi connectivity index (χ2n) is 18.8. The molecular formula is C60H106O6. The first-order chi connectivity index (χ1) is 32.5. The van der Waals surface area contributed by atoms with Crippen molar-refractivity contribution >= 4 is 17.9 Å². The van der Waals surface area contributed by atoms with Crippen molar-refractivity contribution in [3.63, 3.8) is 0 Å². The summed E-state index contributed by atoms with van der Waals surface area (Å²) in [5.41, 5.74) is 0. The van der Waals surface area contributed by atoms with Gasteiger partial charge in [0.05, 0.1) is 0 Å². The maximum atomic E-state index is 12.8. The van der Waals surface area contributed by atoms with E-state index < -0.39 is 6.10 Å². The first-order valence-electron chi connectivity index (χ1n) is 28.3. The van der Waals surface area contributed by atoms with Gasteiger partial charge in [0, 0.05) is 19.3 Å². The zero-order valence-electron chi connectivity index (χ0n) is 43.7. The van der Waals surface area contributed by atoms with Gasteiger partial charge in [-0.2, -0.15) is 0 Å². The highest BCUT2D eigenvalue weighted by Crippen LogP contribution is 2.16. The van der Waals surface area contributed by atoms with Crippen molar-refractivity contribution < 1.29 is 28.6 Å². The van der Waals surface area contributed by atoms with Crippen LogP contribution in [0.3, 0.4) is 0 Å². The molecule has 6 nitrogen and oxygen atoms in total. The number of unbranched alkanes of at least 4 members (excludes halogenated alkanes) is 30. The standard InChI is InChI=1S/C60H106O6/c1-4-7-10-13-16-19-22-25-28-30-33-35-38-41-44-47-50-53-59(62)65-56-57(55-64-58(61)52-49-46-43-40-37-34-31-27-24-21-18-15-12-9-6-3)66-60(63)54-51-48-45-42-39-36-32-29-26-23-20-17-14-11-8-5-2/h16,18-19,21,25,27-28,31,37,40,57H,4-15,17,20,22-24,26,29-30,32-36,38-39,41-56H2,1-3H3/b19-16-,21-18-,28-25-,31-27-,40-37-/t57-/m1/s1. The molecule has 0 saturated heterocycles. The molecule has 0 N–H and O–H groups in total. The van der Waals surface area contributed by atoms with Crippen LogP contribution in [0.4, 0.5) is 0 Å². The predicted octanol–water partition coefficient (Wildman–Crippen LogP) is 18.8. The number of carbonyl (C=O) groups excluding carboxylic acids is 3. The van der Waals surface area contributed by atoms with Gasteiger partial charge < -0.3 is 14.2 Å². The van der Waals surface area contributed by atoms with Crippen LogP contribution in [0.15, 0.2) is 60.8 Å². The summed E-state index contributed by atoms with van der Waals surface area (Å²) in [5, 5.41) is 0. The summed E-state index contributed by atoms with van der Waals surface area (Å²) in [5.74, 6) is -0.924. The molecular weight excluding hydrogens is 817 g/mol. The fraction of sp³-hybridized carbons (Fsp3) is 0.783. The smallest absolute Gasteiger partial charge is 0.306 e. The average Bonchev–Trinajstić information content (AvgIpc) is 3.31. The van der Waals surface area contributed by atoms with Crippen LogP contribution < -0.4 is 0 Å². The van der Waals surface area contributed by atoms with Gasteiger partial charge in [0.25, 0.3) is 0 Å². The van der Waals surface area contributed by atoms with Crippen LogP contribution in [0.1, 0.15) is 284 Å². The lowest BCUT2D eigenvalue weighted by Gasteiger charge is -2.18. The summed E-state index contributed by atoms with van der Waals surface area (Å²) in [7, 11) is 0. The summed E-state index contributed by atoms with van der Waals surface area (Å²) >= 11 is 0. The summed E-state index contributed by atoms with van der Waals surface area (Å²) in [4.78, 5) is 38.1. The molecule has 0 saturated carbocycles. The summed E-state index contributed by atoms with van der Waals surface area (Å²) in [6.07, 6.45) is 67.8. The van der Waals surface area contributed by atoms with Crippen molar-refractivity contribution in [2.45, 2.75) is 290 Å². The Bertz CT molecular complexity index is 1200. The van der Waals surface area contributed by atoms with Crippen LogP contribution >= 0.6 is 0 Å². The number of carbonyl (C=O) groups is 3. The largest absolute Gasteiger partial charge is 0.462 e. The summed E-state index contributed by atoms with van der Waals surface area (Å²) in [6.45, 7) is 6.57. The average molecular weight is 924 g/mol. The van der Waals surface area contributed by atoms with Crippen LogP contribution in [-0.2, 0) is 28.6 Å². The first-order valence-corrected chi connectivity index (χ1v) is 28.3. The molecule has 0 aromatic carbocycles. The fourth-order valence-corrected chi connectivity index (χ4v) is 7.95. The van der Waals surface area contributed by atoms with Crippen molar-refractivity contribution in [1.29, 1.82) is 0 Å². The van der Waals surface area contributed by atoms with E-state index >= 15 is 0 Å². The van der Waals surface area contributed by atoms with Crippen molar-refractivity contribution in [3.05, 3.63) is 60.8 Å². The van der Waals surface area contributed by atoms with E-state index in [1.807, 2.05) is 0 Å². The van der Waals surface area contributed by atoms with E-state index in [9.17, 15) is 14.4 Å². The molecule has 66 heavy (non-hydrogen) atoms. The molecule has 0 amide bonds. The van der Waals surface area contributed by atoms with Gasteiger partial charge in [-0.1, -0.05) is 236 Å². The van der Waals surface area contributed by atoms with Gasteiger partial charge in [-0.05, 0) is 89.9 Å². The zero-order valence-corrected chi connectivity index (χ0v) is 43.7. The van der Waals surface area contributed by atoms with E-state index in [1.165, 1.54) is 161 Å². The molecule has 0 heterocycles. The van der Waals surface area contributed by atoms with Gasteiger partial charge in [0.15, 0.2) is 6.10 Å². The summed E-state index contributed by atoms with van der Waals surface area (Å²) in [6, 6.07) is 0. The molecule has 0 spiro atoms. The molecule has 0 aliphatic rings. The molecule has 382 valence electrons. The number of ether oxygens (including phenoxy) is 3. The Morgan fingerprint density at radius 2 is 0.545 bits per heavy atom. The first kappa shape index (κ1) is 63.1. The van der Waals surface area contributed by atoms with Gasteiger partial charge in [0.2, 0.25) is 0 Å². The lowest BCUT2D eigenvalue weighted by molar-refractivity contribution is -0.167. The third-order valence-electron chi connectivity index (χ3n) is 12.2. The number of rotatable bonds is 51. The zero-order chi connectivity index (χ0) is 47.9. The molecule has 0 aromatic rings. The van der Waals surface area contributed by atoms with Crippen molar-refractivity contribution in [2.75, 3.05) is 13.2 Å². The van der Waals surface area contributed by atoms with Crippen molar-refractivity contribution in [3.8, 4) is 0 Å². The third-order valence-corrected chi connectivity index (χ3v) is 12.2. The SMILES string of the molecule is CCCCC/C=C\C/C=C\C/C=C\CCCCC(=O)OC[C@H](COC(=O)CCCCCCCCC/C=C\C/C=C\CCCCC)OC(=O)CCCCCCCCCCCCCCCCCC. The van der Waals surface area contributed by atoms with E-state index in [0.29, 0.717) is 19.3 Å². The normalized spacial score (nSPS) is 12.5. The Balaban J connectivity index is 4.42. The molecule has 0 aliphatic carbocycles. The number of hydrogen-bond donors (Lipinski definition) is 0. The predicted molar refractivity (Wildman–Crippen MR) is 284 cm³/mol. The minimum atomic E-state index is -0.791. The molecule has 0 rings (SSSR count). The summed E-state index contributed by atoms with van der Waals surface area (Å²) < 4.78 is 16.8. The lowest BCUT2D eigenvalue weighted by Crippen LogP contribution is -2.30. The second-order valence-corrected chi connectivity index (χ2v) is 18.8. The van der Waals surface area contributed by atoms with Crippen LogP contribution in [0.5, 0.6) is 0 Å². The topological polar surface area (TPSA) is 78.9 Å². The van der Waals surface area contributed by atoms with Gasteiger partial charge in [-0.15, -0.1) is 0 Å². The van der Waals surface area contributed by atoms with E-state index in [4.69, 9.17) is 14.2 Å². The maximum Gasteiger partial charge on any atom is 0.306 e. The van der Waals surface area contributed by atoms with Gasteiger partial charge in [-0.25, -0.2) is 0 Å². The lowest BCUT2D eigenvalue weighted by atomic mass is 10.0. The van der Waals surface area contributed by atoms with Crippen molar-refractivity contribution in [1.82, 2.24) is 0 Å². The van der Waals surface area contributed by atoms with E-state index in [2.05, 4.69) is 81.5 Å². The minimum absolute atomic E-state index is 0.0883. The van der Waals surface area contributed by atoms with Crippen LogP contribution in [-0.4, -0.2) is 37.2 Å². The highest BCUT2D eigenvalue weighted by molar-refractivity contribution is 5.71. The Labute approximate surface area is 409 Å². The quantitative estimate of drug-likeness (QED) is 0.0262. The molecule has 0 unspecified atom stereocenters. The van der Waals surface area contributed by atoms with Crippen LogP contribution in [0.2, 0.25) is 0 Å². The third kappa shape index (κ3) is 52.1. The Hall–Kier alpha value is -2.89. The van der Waals surface area contributed by atoms with Crippen LogP contribution in [0.25, 0.3) is 0 Å². The highest BCUT2D eigenvalue weighted by atomic mass is 16.6. The number of esters is 3. The van der Waals surface area contributed by atoms with Crippen LogP contribution in [0, 0.1) is 0 Å². The molecule has 6 heteroatoms. The van der Waals surface area contributed by atoms with E-state index in [-0.39, 0.29) is 31.1 Å². The minimum Gasteiger partial charge on any atom is -0.462 e. The molecule has 1 atom stereocenters. The van der Waals surface area contributed by atoms with Gasteiger partial charge >= 0.3 is 17.9 Å². The highest BCUT2D eigenvalue weighted by Gasteiger charge is 2.19. The molecule has 0 aromatic heterocycles. The number of hydrogen-bond acceptors (Lipinski definition) is 6. The van der Waals surface area contributed by atoms with E-state index in [0.717, 1.165) is 83.5 Å². The second kappa shape index (κ2) is 54.7. The number of allylic oxidation sites excluding steroid dienone is 10. The Morgan fingerprint density at radius 1 is 0.303 bits per heavy atom. The monoisotopic (exact) mass is 923 g/mol. The van der Waals surface area contributed by atoms with Gasteiger partial charge in [-0.3, -0.25) is 14.4 Å².